The highest BCUT2D eigenvalue weighted by molar-refractivity contribution is 5.66. The Kier molecular flexibility index (Phi) is 17.0. The number of rotatable bonds is 21. The van der Waals surface area contributed by atoms with Crippen molar-refractivity contribution in [3.8, 4) is 5.75 Å². The first kappa shape index (κ1) is 34.5. The topological polar surface area (TPSA) is 57.5 Å². The summed E-state index contributed by atoms with van der Waals surface area (Å²) in [5.41, 5.74) is 3.45. The summed E-state index contributed by atoms with van der Waals surface area (Å²) in [6.07, 6.45) is 24.9. The number of carbonyl (C=O) groups is 1. The van der Waals surface area contributed by atoms with Gasteiger partial charge in [-0.3, -0.25) is 4.79 Å². The Balaban J connectivity index is 2.03. The molecular weight excluding hydrogens is 468 g/mol. The number of aryl methyl sites for hydroxylation is 1. The molecule has 3 nitrogen and oxygen atoms in total. The van der Waals surface area contributed by atoms with Crippen molar-refractivity contribution in [3.05, 3.63) is 28.8 Å². The van der Waals surface area contributed by atoms with Crippen LogP contribution in [-0.4, -0.2) is 16.2 Å². The van der Waals surface area contributed by atoms with Crippen LogP contribution in [0.3, 0.4) is 0 Å². The summed E-state index contributed by atoms with van der Waals surface area (Å²) in [5.74, 6) is -0.167. The first-order valence-corrected chi connectivity index (χ1v) is 16.0. The van der Waals surface area contributed by atoms with Crippen LogP contribution in [-0.2, 0) is 22.0 Å². The first-order chi connectivity index (χ1) is 17.9. The van der Waals surface area contributed by atoms with E-state index in [2.05, 4.69) is 53.7 Å². The Morgan fingerprint density at radius 1 is 0.553 bits per heavy atom. The molecule has 0 radical (unpaired) electrons. The largest absolute Gasteiger partial charge is 0.507 e. The van der Waals surface area contributed by atoms with E-state index in [1.54, 1.807) is 0 Å². The number of hydrogen-bond donors (Lipinski definition) is 2. The smallest absolute Gasteiger partial charge is 0.303 e. The molecule has 0 amide bonds. The van der Waals surface area contributed by atoms with E-state index in [1.807, 2.05) is 0 Å². The summed E-state index contributed by atoms with van der Waals surface area (Å²) in [4.78, 5) is 10.5. The number of carboxylic acid groups (broad SMARTS) is 1. The maximum Gasteiger partial charge on any atom is 0.303 e. The molecule has 0 heterocycles. The Bertz CT molecular complexity index is 731. The molecule has 0 bridgehead atoms. The number of carboxylic acids is 1. The fraction of sp³-hybridized carbons (Fsp3) is 0.800. The van der Waals surface area contributed by atoms with Gasteiger partial charge in [-0.25, -0.2) is 0 Å². The predicted octanol–water partition coefficient (Wildman–Crippen LogP) is 11.0. The van der Waals surface area contributed by atoms with Gasteiger partial charge in [0.05, 0.1) is 0 Å². The second-order valence-corrected chi connectivity index (χ2v) is 13.8. The fourth-order valence-electron chi connectivity index (χ4n) is 5.42. The van der Waals surface area contributed by atoms with E-state index in [9.17, 15) is 9.90 Å². The normalized spacial score (nSPS) is 12.3. The molecule has 0 saturated carbocycles. The Morgan fingerprint density at radius 3 is 1.13 bits per heavy atom. The fourth-order valence-corrected chi connectivity index (χ4v) is 5.42. The van der Waals surface area contributed by atoms with Crippen molar-refractivity contribution in [1.82, 2.24) is 0 Å². The number of unbranched alkanes of at least 4 members (excludes halogenated alkanes) is 17. The number of aromatic hydroxyl groups is 1. The standard InChI is InChI=1S/C35H62O3/c1-34(2,3)30-27-29(28-31(33(30)38)35(4,5)6)25-23-21-19-17-15-13-11-9-7-8-10-12-14-16-18-20-22-24-26-32(36)37/h27-28,38H,7-26H2,1-6H3,(H,36,37). The third-order valence-electron chi connectivity index (χ3n) is 7.89. The van der Waals surface area contributed by atoms with Crippen LogP contribution in [0, 0.1) is 0 Å². The van der Waals surface area contributed by atoms with Crippen molar-refractivity contribution in [2.75, 3.05) is 0 Å². The van der Waals surface area contributed by atoms with E-state index in [0.717, 1.165) is 30.4 Å². The highest BCUT2D eigenvalue weighted by Crippen LogP contribution is 2.40. The van der Waals surface area contributed by atoms with E-state index in [4.69, 9.17) is 5.11 Å². The van der Waals surface area contributed by atoms with Crippen LogP contribution in [0.2, 0.25) is 0 Å². The second-order valence-electron chi connectivity index (χ2n) is 13.8. The zero-order valence-corrected chi connectivity index (χ0v) is 26.1. The van der Waals surface area contributed by atoms with Gasteiger partial charge in [0.1, 0.15) is 5.75 Å². The molecule has 3 heteroatoms. The van der Waals surface area contributed by atoms with Gasteiger partial charge in [0.2, 0.25) is 0 Å². The number of aliphatic carboxylic acids is 1. The number of phenolic OH excluding ortho intramolecular Hbond substituents is 1. The summed E-state index contributed by atoms with van der Waals surface area (Å²) in [6, 6.07) is 4.50. The monoisotopic (exact) mass is 530 g/mol. The van der Waals surface area contributed by atoms with Crippen molar-refractivity contribution in [2.45, 2.75) is 181 Å². The van der Waals surface area contributed by atoms with Crippen LogP contribution in [0.1, 0.15) is 180 Å². The van der Waals surface area contributed by atoms with Crippen molar-refractivity contribution in [2.24, 2.45) is 0 Å². The molecule has 38 heavy (non-hydrogen) atoms. The summed E-state index contributed by atoms with van der Waals surface area (Å²) in [7, 11) is 0. The summed E-state index contributed by atoms with van der Waals surface area (Å²) in [5, 5.41) is 19.6. The third kappa shape index (κ3) is 15.8. The molecule has 0 aromatic heterocycles. The number of hydrogen-bond acceptors (Lipinski definition) is 2. The minimum Gasteiger partial charge on any atom is -0.507 e. The highest BCUT2D eigenvalue weighted by Gasteiger charge is 2.26. The van der Waals surface area contributed by atoms with E-state index in [0.29, 0.717) is 12.2 Å². The van der Waals surface area contributed by atoms with E-state index < -0.39 is 5.97 Å². The quantitative estimate of drug-likeness (QED) is 0.155. The molecule has 2 N–H and O–H groups in total. The third-order valence-corrected chi connectivity index (χ3v) is 7.89. The van der Waals surface area contributed by atoms with E-state index >= 15 is 0 Å². The van der Waals surface area contributed by atoms with Crippen LogP contribution >= 0.6 is 0 Å². The molecule has 0 atom stereocenters. The Morgan fingerprint density at radius 2 is 0.842 bits per heavy atom. The minimum atomic E-state index is -0.660. The molecule has 1 aromatic rings. The van der Waals surface area contributed by atoms with Crippen molar-refractivity contribution in [1.29, 1.82) is 0 Å². The van der Waals surface area contributed by atoms with Crippen molar-refractivity contribution < 1.29 is 15.0 Å². The van der Waals surface area contributed by atoms with Gasteiger partial charge in [-0.05, 0) is 46.8 Å². The van der Waals surface area contributed by atoms with Crippen molar-refractivity contribution in [3.63, 3.8) is 0 Å². The average Bonchev–Trinajstić information content (AvgIpc) is 2.81. The molecule has 0 spiro atoms. The zero-order chi connectivity index (χ0) is 28.4. The van der Waals surface area contributed by atoms with E-state index in [1.165, 1.54) is 108 Å². The lowest BCUT2D eigenvalue weighted by Crippen LogP contribution is -2.18. The molecule has 0 fully saturated rings. The minimum absolute atomic E-state index is 0.0491. The summed E-state index contributed by atoms with van der Waals surface area (Å²) in [6.45, 7) is 13.2. The Labute approximate surface area is 236 Å². The second kappa shape index (κ2) is 18.7. The lowest BCUT2D eigenvalue weighted by atomic mass is 9.78. The maximum absolute atomic E-state index is 10.9. The van der Waals surface area contributed by atoms with Gasteiger partial charge in [-0.2, -0.15) is 0 Å². The van der Waals surface area contributed by atoms with Gasteiger partial charge in [0.15, 0.2) is 0 Å². The molecule has 0 unspecified atom stereocenters. The maximum atomic E-state index is 10.9. The predicted molar refractivity (Wildman–Crippen MR) is 165 cm³/mol. The van der Waals surface area contributed by atoms with Crippen molar-refractivity contribution >= 4 is 5.97 Å². The van der Waals surface area contributed by atoms with Gasteiger partial charge >= 0.3 is 5.97 Å². The van der Waals surface area contributed by atoms with Gasteiger partial charge < -0.3 is 10.2 Å². The molecule has 1 rings (SSSR count). The van der Waals surface area contributed by atoms with Gasteiger partial charge in [-0.1, -0.05) is 156 Å². The molecule has 0 saturated heterocycles. The van der Waals surface area contributed by atoms with Crippen LogP contribution in [0.25, 0.3) is 0 Å². The SMILES string of the molecule is CC(C)(C)c1cc(CCCCCCCCCCCCCCCCCCCCC(=O)O)cc(C(C)(C)C)c1O. The number of phenols is 1. The van der Waals surface area contributed by atoms with Crippen LogP contribution in [0.4, 0.5) is 0 Å². The van der Waals surface area contributed by atoms with Gasteiger partial charge in [-0.15, -0.1) is 0 Å². The molecule has 220 valence electrons. The first-order valence-electron chi connectivity index (χ1n) is 16.0. The molecule has 0 aliphatic rings. The van der Waals surface area contributed by atoms with Crippen LogP contribution in [0.5, 0.6) is 5.75 Å². The zero-order valence-electron chi connectivity index (χ0n) is 26.1. The summed E-state index contributed by atoms with van der Waals surface area (Å²) < 4.78 is 0. The van der Waals surface area contributed by atoms with E-state index in [-0.39, 0.29) is 10.8 Å². The van der Waals surface area contributed by atoms with Crippen LogP contribution < -0.4 is 0 Å². The Hall–Kier alpha value is -1.51. The number of benzene rings is 1. The van der Waals surface area contributed by atoms with Gasteiger partial charge in [0.25, 0.3) is 0 Å². The average molecular weight is 531 g/mol. The lowest BCUT2D eigenvalue weighted by molar-refractivity contribution is -0.137. The molecule has 0 aliphatic heterocycles. The van der Waals surface area contributed by atoms with Crippen LogP contribution in [0.15, 0.2) is 12.1 Å². The lowest BCUT2D eigenvalue weighted by Gasteiger charge is -2.28. The van der Waals surface area contributed by atoms with Gasteiger partial charge in [0, 0.05) is 6.42 Å². The molecule has 1 aromatic carbocycles. The molecular formula is C35H62O3. The molecule has 0 aliphatic carbocycles. The highest BCUT2D eigenvalue weighted by atomic mass is 16.4. The summed E-state index contributed by atoms with van der Waals surface area (Å²) >= 11 is 0.